The Labute approximate surface area is 118 Å². The van der Waals surface area contributed by atoms with E-state index >= 15 is 0 Å². The summed E-state index contributed by atoms with van der Waals surface area (Å²) in [5.74, 6) is -0.587. The Morgan fingerprint density at radius 2 is 2.05 bits per heavy atom. The van der Waals surface area contributed by atoms with Gasteiger partial charge >= 0.3 is 0 Å². The van der Waals surface area contributed by atoms with Gasteiger partial charge in [-0.3, -0.25) is 9.59 Å². The maximum absolute atomic E-state index is 11.8. The monoisotopic (exact) mass is 276 g/mol. The van der Waals surface area contributed by atoms with E-state index in [-0.39, 0.29) is 18.0 Å². The molecule has 0 spiro atoms. The number of nitrogens with one attached hydrogen (secondary N) is 3. The fraction of sp³-hybridized carbons (Fsp3) is 0.429. The molecule has 108 valence electrons. The molecule has 1 heterocycles. The third kappa shape index (κ3) is 3.79. The predicted octanol–water partition coefficient (Wildman–Crippen LogP) is 0.0656. The molecule has 1 fully saturated rings. The Bertz CT molecular complexity index is 492. The summed E-state index contributed by atoms with van der Waals surface area (Å²) in [7, 11) is 0. The van der Waals surface area contributed by atoms with E-state index in [1.165, 1.54) is 0 Å². The van der Waals surface area contributed by atoms with Gasteiger partial charge in [0, 0.05) is 23.3 Å². The van der Waals surface area contributed by atoms with Crippen LogP contribution in [0.1, 0.15) is 23.7 Å². The number of primary amides is 1. The number of amides is 2. The van der Waals surface area contributed by atoms with Crippen molar-refractivity contribution >= 4 is 17.5 Å². The second-order valence-corrected chi connectivity index (χ2v) is 5.33. The summed E-state index contributed by atoms with van der Waals surface area (Å²) in [5, 5.41) is 9.30. The number of hydrogen-bond donors (Lipinski definition) is 4. The first-order valence-corrected chi connectivity index (χ1v) is 6.64. The van der Waals surface area contributed by atoms with Crippen molar-refractivity contribution in [2.45, 2.75) is 18.9 Å². The third-order valence-corrected chi connectivity index (χ3v) is 3.50. The topological polar surface area (TPSA) is 96.2 Å². The molecular weight excluding hydrogens is 256 g/mol. The lowest BCUT2D eigenvalue weighted by atomic mass is 10.0. The average molecular weight is 276 g/mol. The number of rotatable bonds is 5. The Morgan fingerprint density at radius 1 is 1.35 bits per heavy atom. The van der Waals surface area contributed by atoms with E-state index in [9.17, 15) is 9.59 Å². The van der Waals surface area contributed by atoms with E-state index in [0.29, 0.717) is 11.3 Å². The van der Waals surface area contributed by atoms with Gasteiger partial charge in [-0.05, 0) is 44.2 Å². The molecule has 0 saturated carbocycles. The number of anilines is 1. The fourth-order valence-electron chi connectivity index (χ4n) is 2.18. The van der Waals surface area contributed by atoms with Crippen LogP contribution in [0.15, 0.2) is 24.3 Å². The van der Waals surface area contributed by atoms with Crippen molar-refractivity contribution in [3.63, 3.8) is 0 Å². The molecule has 0 radical (unpaired) electrons. The summed E-state index contributed by atoms with van der Waals surface area (Å²) in [6.07, 6.45) is 1.01. The lowest BCUT2D eigenvalue weighted by Gasteiger charge is -2.24. The van der Waals surface area contributed by atoms with Crippen molar-refractivity contribution in [2.24, 2.45) is 5.73 Å². The maximum Gasteiger partial charge on any atom is 0.248 e. The second kappa shape index (κ2) is 6.02. The molecular formula is C14H20N4O2. The molecule has 1 saturated heterocycles. The number of carbonyl (C=O) groups excluding carboxylic acids is 2. The zero-order valence-corrected chi connectivity index (χ0v) is 11.5. The number of nitrogens with two attached hydrogens (primary N) is 1. The Kier molecular flexibility index (Phi) is 4.36. The zero-order chi connectivity index (χ0) is 14.6. The quantitative estimate of drug-likeness (QED) is 0.612. The smallest absolute Gasteiger partial charge is 0.248 e. The maximum atomic E-state index is 11.8. The molecule has 1 aliphatic heterocycles. The molecule has 1 aromatic carbocycles. The van der Waals surface area contributed by atoms with Crippen molar-refractivity contribution in [3.05, 3.63) is 29.8 Å². The molecule has 0 bridgehead atoms. The van der Waals surface area contributed by atoms with Crippen LogP contribution >= 0.6 is 0 Å². The minimum atomic E-state index is -0.480. The van der Waals surface area contributed by atoms with Gasteiger partial charge in [-0.15, -0.1) is 0 Å². The molecule has 6 nitrogen and oxygen atoms in total. The summed E-state index contributed by atoms with van der Waals surface area (Å²) in [4.78, 5) is 22.8. The van der Waals surface area contributed by atoms with Gasteiger partial charge in [0.2, 0.25) is 11.8 Å². The van der Waals surface area contributed by atoms with Gasteiger partial charge in [-0.2, -0.15) is 0 Å². The van der Waals surface area contributed by atoms with Crippen molar-refractivity contribution in [1.29, 1.82) is 0 Å². The minimum Gasteiger partial charge on any atom is -0.366 e. The normalized spacial score (nSPS) is 21.6. The van der Waals surface area contributed by atoms with E-state index in [4.69, 9.17) is 5.73 Å². The average Bonchev–Trinajstić information content (AvgIpc) is 2.85. The predicted molar refractivity (Wildman–Crippen MR) is 77.5 cm³/mol. The Hall–Kier alpha value is -1.92. The van der Waals surface area contributed by atoms with Crippen molar-refractivity contribution in [2.75, 3.05) is 25.0 Å². The Balaban J connectivity index is 1.83. The summed E-state index contributed by atoms with van der Waals surface area (Å²) in [5.41, 5.74) is 6.21. The first-order chi connectivity index (χ1) is 9.48. The van der Waals surface area contributed by atoms with Crippen LogP contribution in [0, 0.1) is 0 Å². The zero-order valence-electron chi connectivity index (χ0n) is 11.5. The van der Waals surface area contributed by atoms with Crippen LogP contribution in [0.25, 0.3) is 0 Å². The van der Waals surface area contributed by atoms with E-state index in [1.807, 2.05) is 0 Å². The second-order valence-electron chi connectivity index (χ2n) is 5.33. The molecule has 1 aliphatic rings. The van der Waals surface area contributed by atoms with E-state index in [1.54, 1.807) is 24.3 Å². The molecule has 6 heteroatoms. The number of carbonyl (C=O) groups is 2. The standard InChI is InChI=1S/C14H20N4O2/c1-14(6-7-16-9-14)17-8-12(19)18-11-4-2-10(3-5-11)13(15)20/h2-5,16-17H,6-9H2,1H3,(H2,15,20)(H,18,19). The van der Waals surface area contributed by atoms with E-state index < -0.39 is 5.91 Å². The highest BCUT2D eigenvalue weighted by atomic mass is 16.2. The van der Waals surface area contributed by atoms with Crippen LogP contribution in [0.3, 0.4) is 0 Å². The lowest BCUT2D eigenvalue weighted by Crippen LogP contribution is -2.47. The van der Waals surface area contributed by atoms with Gasteiger partial charge in [-0.25, -0.2) is 0 Å². The molecule has 2 rings (SSSR count). The van der Waals surface area contributed by atoms with Crippen LogP contribution in [0.2, 0.25) is 0 Å². The molecule has 2 amide bonds. The molecule has 1 atom stereocenters. The number of benzene rings is 1. The molecule has 5 N–H and O–H groups in total. The summed E-state index contributed by atoms with van der Waals surface area (Å²) < 4.78 is 0. The summed E-state index contributed by atoms with van der Waals surface area (Å²) in [6, 6.07) is 6.51. The van der Waals surface area contributed by atoms with Crippen LogP contribution < -0.4 is 21.7 Å². The summed E-state index contributed by atoms with van der Waals surface area (Å²) in [6.45, 7) is 4.20. The fourth-order valence-corrected chi connectivity index (χ4v) is 2.18. The SMILES string of the molecule is CC1(NCC(=O)Nc2ccc(C(N)=O)cc2)CCNC1. The van der Waals surface area contributed by atoms with Crippen LogP contribution in [0.5, 0.6) is 0 Å². The van der Waals surface area contributed by atoms with Crippen LogP contribution in [-0.4, -0.2) is 37.0 Å². The largest absolute Gasteiger partial charge is 0.366 e. The molecule has 0 aliphatic carbocycles. The van der Waals surface area contributed by atoms with Crippen molar-refractivity contribution in [1.82, 2.24) is 10.6 Å². The van der Waals surface area contributed by atoms with Crippen LogP contribution in [0.4, 0.5) is 5.69 Å². The van der Waals surface area contributed by atoms with Gasteiger partial charge in [0.25, 0.3) is 0 Å². The lowest BCUT2D eigenvalue weighted by molar-refractivity contribution is -0.115. The highest BCUT2D eigenvalue weighted by Crippen LogP contribution is 2.13. The molecule has 20 heavy (non-hydrogen) atoms. The van der Waals surface area contributed by atoms with Gasteiger partial charge in [0.1, 0.15) is 0 Å². The Morgan fingerprint density at radius 3 is 2.60 bits per heavy atom. The van der Waals surface area contributed by atoms with Crippen LogP contribution in [-0.2, 0) is 4.79 Å². The van der Waals surface area contributed by atoms with E-state index in [0.717, 1.165) is 19.5 Å². The highest BCUT2D eigenvalue weighted by molar-refractivity contribution is 5.95. The first-order valence-electron chi connectivity index (χ1n) is 6.64. The van der Waals surface area contributed by atoms with Gasteiger partial charge in [-0.1, -0.05) is 0 Å². The number of hydrogen-bond acceptors (Lipinski definition) is 4. The minimum absolute atomic E-state index is 0.0207. The van der Waals surface area contributed by atoms with Crippen molar-refractivity contribution in [3.8, 4) is 0 Å². The molecule has 0 aromatic heterocycles. The van der Waals surface area contributed by atoms with Crippen molar-refractivity contribution < 1.29 is 9.59 Å². The van der Waals surface area contributed by atoms with Gasteiger partial charge < -0.3 is 21.7 Å². The van der Waals surface area contributed by atoms with Gasteiger partial charge in [0.05, 0.1) is 6.54 Å². The summed E-state index contributed by atoms with van der Waals surface area (Å²) >= 11 is 0. The van der Waals surface area contributed by atoms with E-state index in [2.05, 4.69) is 22.9 Å². The molecule has 1 unspecified atom stereocenters. The highest BCUT2D eigenvalue weighted by Gasteiger charge is 2.28. The first kappa shape index (κ1) is 14.5. The third-order valence-electron chi connectivity index (χ3n) is 3.50. The van der Waals surface area contributed by atoms with Gasteiger partial charge in [0.15, 0.2) is 0 Å². The molecule has 1 aromatic rings.